The molecule has 0 unspecified atom stereocenters. The molecule has 1 rings (SSSR count). The van der Waals surface area contributed by atoms with Gasteiger partial charge in [0, 0.05) is 25.2 Å². The second kappa shape index (κ2) is 8.67. The third-order valence-corrected chi connectivity index (χ3v) is 2.96. The molecular formula is C15H25N3O. The van der Waals surface area contributed by atoms with E-state index in [0.717, 1.165) is 31.7 Å². The normalized spacial score (nSPS) is 10.7. The van der Waals surface area contributed by atoms with E-state index in [1.165, 1.54) is 0 Å². The Balaban J connectivity index is 2.66. The van der Waals surface area contributed by atoms with Crippen molar-refractivity contribution in [2.24, 2.45) is 0 Å². The molecule has 1 N–H and O–H groups in total. The van der Waals surface area contributed by atoms with Crippen molar-refractivity contribution < 1.29 is 4.79 Å². The zero-order valence-corrected chi connectivity index (χ0v) is 12.2. The van der Waals surface area contributed by atoms with Gasteiger partial charge in [-0.3, -0.25) is 4.79 Å². The number of hydrogen-bond acceptors (Lipinski definition) is 3. The van der Waals surface area contributed by atoms with Crippen LogP contribution in [0.4, 0.5) is 5.69 Å². The number of anilines is 1. The van der Waals surface area contributed by atoms with Crippen molar-refractivity contribution in [1.82, 2.24) is 10.2 Å². The molecule has 0 fully saturated rings. The van der Waals surface area contributed by atoms with E-state index in [1.54, 1.807) is 0 Å². The molecule has 0 spiro atoms. The van der Waals surface area contributed by atoms with Crippen molar-refractivity contribution in [1.29, 1.82) is 0 Å². The zero-order valence-electron chi connectivity index (χ0n) is 12.2. The van der Waals surface area contributed by atoms with Crippen LogP contribution >= 0.6 is 0 Å². The summed E-state index contributed by atoms with van der Waals surface area (Å²) in [6.45, 7) is 2.48. The van der Waals surface area contributed by atoms with E-state index < -0.39 is 0 Å². The highest BCUT2D eigenvalue weighted by Gasteiger charge is 2.14. The summed E-state index contributed by atoms with van der Waals surface area (Å²) in [5.41, 5.74) is 0.985. The summed E-state index contributed by atoms with van der Waals surface area (Å²) in [6.07, 6.45) is 1.46. The fourth-order valence-corrected chi connectivity index (χ4v) is 1.86. The molecular weight excluding hydrogens is 238 g/mol. The van der Waals surface area contributed by atoms with Crippen LogP contribution in [0.5, 0.6) is 0 Å². The van der Waals surface area contributed by atoms with Gasteiger partial charge in [-0.25, -0.2) is 0 Å². The Hall–Kier alpha value is -1.39. The van der Waals surface area contributed by atoms with Gasteiger partial charge in [0.15, 0.2) is 0 Å². The number of likely N-dealkylation sites (N-methyl/N-ethyl adjacent to an activating group) is 1. The molecule has 4 nitrogen and oxygen atoms in total. The minimum Gasteiger partial charge on any atom is -0.320 e. The maximum Gasteiger partial charge on any atom is 0.227 e. The first-order valence-corrected chi connectivity index (χ1v) is 6.80. The number of amides is 1. The van der Waals surface area contributed by atoms with Crippen molar-refractivity contribution in [3.63, 3.8) is 0 Å². The van der Waals surface area contributed by atoms with Gasteiger partial charge >= 0.3 is 0 Å². The predicted octanol–water partition coefficient (Wildman–Crippen LogP) is 1.58. The first-order valence-electron chi connectivity index (χ1n) is 6.80. The molecule has 0 atom stereocenters. The summed E-state index contributed by atoms with van der Waals surface area (Å²) in [7, 11) is 5.95. The van der Waals surface area contributed by atoms with Gasteiger partial charge in [-0.2, -0.15) is 0 Å². The largest absolute Gasteiger partial charge is 0.320 e. The molecule has 1 aromatic rings. The highest BCUT2D eigenvalue weighted by Crippen LogP contribution is 2.14. The summed E-state index contributed by atoms with van der Waals surface area (Å²) in [5.74, 6) is 0.198. The van der Waals surface area contributed by atoms with Crippen LogP contribution in [0.2, 0.25) is 0 Å². The lowest BCUT2D eigenvalue weighted by molar-refractivity contribution is -0.118. The molecule has 0 aliphatic carbocycles. The molecule has 0 saturated carbocycles. The number of carbonyl (C=O) groups is 1. The van der Waals surface area contributed by atoms with Crippen LogP contribution in [0.1, 0.15) is 12.8 Å². The highest BCUT2D eigenvalue weighted by atomic mass is 16.2. The molecule has 106 valence electrons. The lowest BCUT2D eigenvalue weighted by Crippen LogP contribution is -2.36. The first-order chi connectivity index (χ1) is 9.15. The number of benzene rings is 1. The number of carbonyl (C=O) groups excluding carboxylic acids is 1. The van der Waals surface area contributed by atoms with Crippen molar-refractivity contribution in [3.8, 4) is 0 Å². The Labute approximate surface area is 116 Å². The van der Waals surface area contributed by atoms with Gasteiger partial charge in [-0.1, -0.05) is 18.2 Å². The van der Waals surface area contributed by atoms with Crippen molar-refractivity contribution in [3.05, 3.63) is 30.3 Å². The third kappa shape index (κ3) is 5.85. The van der Waals surface area contributed by atoms with E-state index in [2.05, 4.69) is 10.2 Å². The Bertz CT molecular complexity index is 365. The van der Waals surface area contributed by atoms with Gasteiger partial charge in [0.05, 0.1) is 0 Å². The highest BCUT2D eigenvalue weighted by molar-refractivity contribution is 5.93. The van der Waals surface area contributed by atoms with E-state index >= 15 is 0 Å². The van der Waals surface area contributed by atoms with E-state index in [-0.39, 0.29) is 5.91 Å². The predicted molar refractivity (Wildman–Crippen MR) is 80.5 cm³/mol. The third-order valence-electron chi connectivity index (χ3n) is 2.96. The van der Waals surface area contributed by atoms with Crippen molar-refractivity contribution in [2.45, 2.75) is 12.8 Å². The van der Waals surface area contributed by atoms with E-state index in [1.807, 2.05) is 56.4 Å². The van der Waals surface area contributed by atoms with Gasteiger partial charge in [0.1, 0.15) is 0 Å². The molecule has 1 aromatic carbocycles. The molecule has 19 heavy (non-hydrogen) atoms. The van der Waals surface area contributed by atoms with Gasteiger partial charge in [0.2, 0.25) is 5.91 Å². The second-order valence-corrected chi connectivity index (χ2v) is 4.89. The minimum absolute atomic E-state index is 0.198. The molecule has 1 amide bonds. The SMILES string of the molecule is CNCCCC(=O)N(CCN(C)C)c1ccccc1. The number of para-hydroxylation sites is 1. The van der Waals surface area contributed by atoms with Crippen LogP contribution in [0.3, 0.4) is 0 Å². The van der Waals surface area contributed by atoms with Gasteiger partial charge in [-0.15, -0.1) is 0 Å². The minimum atomic E-state index is 0.198. The quantitative estimate of drug-likeness (QED) is 0.723. The maximum atomic E-state index is 12.3. The monoisotopic (exact) mass is 263 g/mol. The van der Waals surface area contributed by atoms with Crippen LogP contribution < -0.4 is 10.2 Å². The average molecular weight is 263 g/mol. The summed E-state index contributed by atoms with van der Waals surface area (Å²) in [4.78, 5) is 16.3. The smallest absolute Gasteiger partial charge is 0.227 e. The van der Waals surface area contributed by atoms with E-state index in [4.69, 9.17) is 0 Å². The van der Waals surface area contributed by atoms with Gasteiger partial charge < -0.3 is 15.1 Å². The fourth-order valence-electron chi connectivity index (χ4n) is 1.86. The fraction of sp³-hybridized carbons (Fsp3) is 0.533. The zero-order chi connectivity index (χ0) is 14.1. The maximum absolute atomic E-state index is 12.3. The topological polar surface area (TPSA) is 35.6 Å². The number of nitrogens with one attached hydrogen (secondary N) is 1. The second-order valence-electron chi connectivity index (χ2n) is 4.89. The first kappa shape index (κ1) is 15.7. The van der Waals surface area contributed by atoms with Crippen LogP contribution in [-0.2, 0) is 4.79 Å². The summed E-state index contributed by atoms with van der Waals surface area (Å²) >= 11 is 0. The Morgan fingerprint density at radius 2 is 1.84 bits per heavy atom. The molecule has 0 bridgehead atoms. The molecule has 0 heterocycles. The Morgan fingerprint density at radius 1 is 1.16 bits per heavy atom. The summed E-state index contributed by atoms with van der Waals surface area (Å²) in [5, 5.41) is 3.07. The van der Waals surface area contributed by atoms with Crippen LogP contribution in [-0.4, -0.2) is 51.6 Å². The number of nitrogens with zero attached hydrogens (tertiary/aromatic N) is 2. The average Bonchev–Trinajstić information content (AvgIpc) is 2.40. The number of rotatable bonds is 8. The van der Waals surface area contributed by atoms with Crippen LogP contribution in [0.15, 0.2) is 30.3 Å². The van der Waals surface area contributed by atoms with Crippen LogP contribution in [0.25, 0.3) is 0 Å². The molecule has 4 heteroatoms. The van der Waals surface area contributed by atoms with Gasteiger partial charge in [-0.05, 0) is 46.2 Å². The molecule has 0 radical (unpaired) electrons. The molecule has 0 aromatic heterocycles. The lowest BCUT2D eigenvalue weighted by Gasteiger charge is -2.24. The molecule has 0 aliphatic heterocycles. The standard InChI is InChI=1S/C15H25N3O/c1-16-11-7-10-15(19)18(13-12-17(2)3)14-8-5-4-6-9-14/h4-6,8-9,16H,7,10-13H2,1-3H3. The van der Waals surface area contributed by atoms with Gasteiger partial charge in [0.25, 0.3) is 0 Å². The van der Waals surface area contributed by atoms with Crippen LogP contribution in [0, 0.1) is 0 Å². The molecule has 0 saturated heterocycles. The summed E-state index contributed by atoms with van der Waals surface area (Å²) in [6, 6.07) is 9.90. The Morgan fingerprint density at radius 3 is 2.42 bits per heavy atom. The van der Waals surface area contributed by atoms with E-state index in [0.29, 0.717) is 6.42 Å². The Kier molecular flexibility index (Phi) is 7.15. The van der Waals surface area contributed by atoms with Crippen molar-refractivity contribution >= 4 is 11.6 Å². The van der Waals surface area contributed by atoms with Crippen molar-refractivity contribution in [2.75, 3.05) is 45.7 Å². The molecule has 0 aliphatic rings. The summed E-state index contributed by atoms with van der Waals surface area (Å²) < 4.78 is 0. The lowest BCUT2D eigenvalue weighted by atomic mass is 10.2. The number of hydrogen-bond donors (Lipinski definition) is 1. The van der Waals surface area contributed by atoms with E-state index in [9.17, 15) is 4.79 Å².